The number of nitrogens with zero attached hydrogens (tertiary/aromatic N) is 5. The first-order valence-electron chi connectivity index (χ1n) is 8.22. The van der Waals surface area contributed by atoms with Crippen LogP contribution in [0.4, 0.5) is 0 Å². The number of aryl methyl sites for hydroxylation is 5. The van der Waals surface area contributed by atoms with Gasteiger partial charge in [-0.3, -0.25) is 20.4 Å². The monoisotopic (exact) mass is 367 g/mol. The molecule has 0 aromatic carbocycles. The standard InChI is InChI=1S/C5H5N3.C5H8N2.2C4H6N2/c1-4-3-7-8-5(4)2-6;1-4-3-6-7-5(4)2;1-4-2-5-6-3-4;1-4-2-3-5-6-4/h3H,1H3,(H,7,8);3H,1-2H3,(H,6,7);2*2-3H,1H3,(H,5,6). The van der Waals surface area contributed by atoms with Gasteiger partial charge in [0.2, 0.25) is 0 Å². The Hall–Kier alpha value is -3.67. The molecule has 27 heavy (non-hydrogen) atoms. The lowest BCUT2D eigenvalue weighted by atomic mass is 10.3. The first-order chi connectivity index (χ1) is 12.9. The number of aromatic amines is 4. The third-order valence-corrected chi connectivity index (χ3v) is 3.30. The smallest absolute Gasteiger partial charge is 0.138 e. The van der Waals surface area contributed by atoms with E-state index in [-0.39, 0.29) is 0 Å². The van der Waals surface area contributed by atoms with Crippen LogP contribution in [-0.4, -0.2) is 40.8 Å². The van der Waals surface area contributed by atoms with Gasteiger partial charge in [-0.15, -0.1) is 0 Å². The molecule has 142 valence electrons. The van der Waals surface area contributed by atoms with E-state index in [4.69, 9.17) is 5.26 Å². The van der Waals surface area contributed by atoms with Gasteiger partial charge in [-0.1, -0.05) is 0 Å². The van der Waals surface area contributed by atoms with E-state index in [1.165, 1.54) is 11.1 Å². The third-order valence-electron chi connectivity index (χ3n) is 3.30. The lowest BCUT2D eigenvalue weighted by Gasteiger charge is -1.78. The van der Waals surface area contributed by atoms with Crippen molar-refractivity contribution in [3.05, 3.63) is 70.8 Å². The van der Waals surface area contributed by atoms with Crippen LogP contribution in [0.2, 0.25) is 0 Å². The van der Waals surface area contributed by atoms with Gasteiger partial charge in [0.15, 0.2) is 0 Å². The molecular weight excluding hydrogens is 342 g/mol. The second kappa shape index (κ2) is 11.8. The van der Waals surface area contributed by atoms with E-state index in [0.29, 0.717) is 5.69 Å². The van der Waals surface area contributed by atoms with Gasteiger partial charge in [-0.25, -0.2) is 0 Å². The number of nitriles is 1. The fourth-order valence-electron chi connectivity index (χ4n) is 1.51. The molecule has 4 aromatic rings. The molecule has 0 aliphatic carbocycles. The molecule has 0 spiro atoms. The van der Waals surface area contributed by atoms with Crippen molar-refractivity contribution < 1.29 is 0 Å². The Bertz CT molecular complexity index is 844. The number of H-pyrrole nitrogens is 4. The van der Waals surface area contributed by atoms with Gasteiger partial charge in [0.05, 0.1) is 18.6 Å². The summed E-state index contributed by atoms with van der Waals surface area (Å²) >= 11 is 0. The van der Waals surface area contributed by atoms with E-state index >= 15 is 0 Å². The number of rotatable bonds is 0. The number of hydrogen-bond acceptors (Lipinski definition) is 5. The van der Waals surface area contributed by atoms with Crippen LogP contribution >= 0.6 is 0 Å². The minimum Gasteiger partial charge on any atom is -0.285 e. The molecule has 4 rings (SSSR count). The van der Waals surface area contributed by atoms with Crippen LogP contribution in [-0.2, 0) is 0 Å². The Labute approximate surface area is 158 Å². The lowest BCUT2D eigenvalue weighted by Crippen LogP contribution is -1.74. The second-order valence-electron chi connectivity index (χ2n) is 5.73. The first-order valence-corrected chi connectivity index (χ1v) is 8.22. The van der Waals surface area contributed by atoms with Crippen molar-refractivity contribution in [2.45, 2.75) is 34.6 Å². The molecule has 0 unspecified atom stereocenters. The molecule has 0 amide bonds. The Morgan fingerprint density at radius 2 is 1.52 bits per heavy atom. The topological polar surface area (TPSA) is 139 Å². The van der Waals surface area contributed by atoms with Crippen molar-refractivity contribution in [1.82, 2.24) is 40.8 Å². The van der Waals surface area contributed by atoms with Crippen molar-refractivity contribution in [2.75, 3.05) is 0 Å². The average Bonchev–Trinajstić information content (AvgIpc) is 3.43. The van der Waals surface area contributed by atoms with Crippen LogP contribution in [0, 0.1) is 45.9 Å². The maximum atomic E-state index is 8.29. The Morgan fingerprint density at radius 1 is 0.815 bits per heavy atom. The summed E-state index contributed by atoms with van der Waals surface area (Å²) in [6.45, 7) is 9.82. The highest BCUT2D eigenvalue weighted by Gasteiger charge is 1.93. The molecule has 4 aromatic heterocycles. The van der Waals surface area contributed by atoms with Gasteiger partial charge in [0, 0.05) is 29.3 Å². The summed E-state index contributed by atoms with van der Waals surface area (Å²) in [5.41, 5.74) is 6.10. The summed E-state index contributed by atoms with van der Waals surface area (Å²) in [6.07, 6.45) is 8.79. The van der Waals surface area contributed by atoms with Gasteiger partial charge < -0.3 is 0 Å². The fraction of sp³-hybridized carbons (Fsp3) is 0.278. The quantitative estimate of drug-likeness (QED) is 0.378. The maximum Gasteiger partial charge on any atom is 0.138 e. The zero-order valence-electron chi connectivity index (χ0n) is 16.2. The number of aromatic nitrogens is 8. The molecule has 0 saturated carbocycles. The van der Waals surface area contributed by atoms with Crippen LogP contribution in [0.3, 0.4) is 0 Å². The van der Waals surface area contributed by atoms with E-state index in [0.717, 1.165) is 17.0 Å². The Balaban J connectivity index is 0.000000181. The molecule has 9 nitrogen and oxygen atoms in total. The molecule has 0 aliphatic rings. The van der Waals surface area contributed by atoms with E-state index in [1.54, 1.807) is 18.6 Å². The van der Waals surface area contributed by atoms with Gasteiger partial charge in [-0.2, -0.15) is 25.7 Å². The van der Waals surface area contributed by atoms with E-state index in [1.807, 2.05) is 59.1 Å². The van der Waals surface area contributed by atoms with Crippen molar-refractivity contribution >= 4 is 0 Å². The molecule has 0 fully saturated rings. The highest BCUT2D eigenvalue weighted by molar-refractivity contribution is 5.26. The van der Waals surface area contributed by atoms with Gasteiger partial charge >= 0.3 is 0 Å². The van der Waals surface area contributed by atoms with Crippen LogP contribution in [0.15, 0.2) is 37.1 Å². The summed E-state index contributed by atoms with van der Waals surface area (Å²) < 4.78 is 0. The molecule has 4 heterocycles. The summed E-state index contributed by atoms with van der Waals surface area (Å²) in [6, 6.07) is 3.87. The Kier molecular flexibility index (Phi) is 9.35. The van der Waals surface area contributed by atoms with Crippen LogP contribution in [0.1, 0.15) is 33.8 Å². The number of nitrogens with one attached hydrogen (secondary N) is 4. The molecule has 0 saturated heterocycles. The predicted molar refractivity (Wildman–Crippen MR) is 103 cm³/mol. The van der Waals surface area contributed by atoms with E-state index in [2.05, 4.69) is 40.8 Å². The zero-order valence-corrected chi connectivity index (χ0v) is 16.2. The normalized spacial score (nSPS) is 8.89. The number of hydrogen-bond donors (Lipinski definition) is 4. The minimum absolute atomic E-state index is 0.546. The second-order valence-corrected chi connectivity index (χ2v) is 5.73. The van der Waals surface area contributed by atoms with Gasteiger partial charge in [0.25, 0.3) is 0 Å². The van der Waals surface area contributed by atoms with Gasteiger partial charge in [0.1, 0.15) is 11.8 Å². The van der Waals surface area contributed by atoms with Crippen LogP contribution < -0.4 is 0 Å². The highest BCUT2D eigenvalue weighted by Crippen LogP contribution is 1.97. The van der Waals surface area contributed by atoms with Crippen LogP contribution in [0.25, 0.3) is 0 Å². The molecule has 0 atom stereocenters. The minimum atomic E-state index is 0.546. The molecule has 0 aliphatic heterocycles. The molecule has 0 radical (unpaired) electrons. The van der Waals surface area contributed by atoms with Crippen molar-refractivity contribution in [3.63, 3.8) is 0 Å². The largest absolute Gasteiger partial charge is 0.285 e. The summed E-state index contributed by atoms with van der Waals surface area (Å²) in [4.78, 5) is 0. The summed E-state index contributed by atoms with van der Waals surface area (Å²) in [5, 5.41) is 33.9. The Morgan fingerprint density at radius 3 is 1.70 bits per heavy atom. The fourth-order valence-corrected chi connectivity index (χ4v) is 1.51. The SMILES string of the molecule is Cc1ccn[nH]1.Cc1cn[nH]c1.Cc1cn[nH]c1C.Cc1cn[nH]c1C#N. The average molecular weight is 367 g/mol. The molecule has 4 N–H and O–H groups in total. The first kappa shape index (κ1) is 21.4. The van der Waals surface area contributed by atoms with Gasteiger partial charge in [-0.05, 0) is 51.8 Å². The maximum absolute atomic E-state index is 8.29. The van der Waals surface area contributed by atoms with Crippen molar-refractivity contribution in [1.29, 1.82) is 5.26 Å². The zero-order chi connectivity index (χ0) is 20.1. The molecular formula is C18H25N9. The van der Waals surface area contributed by atoms with Crippen LogP contribution in [0.5, 0.6) is 0 Å². The van der Waals surface area contributed by atoms with E-state index < -0.39 is 0 Å². The van der Waals surface area contributed by atoms with Crippen molar-refractivity contribution in [2.24, 2.45) is 0 Å². The highest BCUT2D eigenvalue weighted by atomic mass is 15.1. The lowest BCUT2D eigenvalue weighted by molar-refractivity contribution is 1.04. The molecule has 9 heteroatoms. The molecule has 0 bridgehead atoms. The van der Waals surface area contributed by atoms with Crippen molar-refractivity contribution in [3.8, 4) is 6.07 Å². The summed E-state index contributed by atoms with van der Waals surface area (Å²) in [5.74, 6) is 0. The van der Waals surface area contributed by atoms with E-state index in [9.17, 15) is 0 Å². The predicted octanol–water partition coefficient (Wildman–Crippen LogP) is 3.05. The summed E-state index contributed by atoms with van der Waals surface area (Å²) in [7, 11) is 0. The third kappa shape index (κ3) is 8.83.